The van der Waals surface area contributed by atoms with Crippen molar-refractivity contribution in [3.05, 3.63) is 155 Å². The molecule has 0 heterocycles. The second-order valence-corrected chi connectivity index (χ2v) is 12.0. The highest BCUT2D eigenvalue weighted by Gasteiger charge is 2.18. The first kappa shape index (κ1) is 32.1. The van der Waals surface area contributed by atoms with Crippen molar-refractivity contribution in [1.29, 1.82) is 0 Å². The predicted octanol–water partition coefficient (Wildman–Crippen LogP) is 8.66. The van der Waals surface area contributed by atoms with E-state index in [1.807, 2.05) is 49.4 Å². The van der Waals surface area contributed by atoms with E-state index in [0.717, 1.165) is 10.6 Å². The molecule has 1 atom stereocenters. The van der Waals surface area contributed by atoms with E-state index in [1.54, 1.807) is 97.1 Å². The molecule has 1 unspecified atom stereocenters. The van der Waals surface area contributed by atoms with E-state index in [0.29, 0.717) is 33.3 Å². The van der Waals surface area contributed by atoms with Gasteiger partial charge in [0.15, 0.2) is 0 Å². The number of thioether (sulfide) groups is 1. The van der Waals surface area contributed by atoms with Crippen LogP contribution in [0.4, 0.5) is 11.4 Å². The Balaban J connectivity index is 1.22. The Hall–Kier alpha value is -5.31. The number of carbonyl (C=O) groups excluding carboxylic acids is 3. The molecular weight excluding hydrogens is 618 g/mol. The van der Waals surface area contributed by atoms with E-state index >= 15 is 0 Å². The van der Waals surface area contributed by atoms with Gasteiger partial charge in [0, 0.05) is 26.9 Å². The first-order chi connectivity index (χ1) is 22.3. The molecule has 0 radical (unpaired) electrons. The van der Waals surface area contributed by atoms with E-state index in [1.165, 1.54) is 11.8 Å². The van der Waals surface area contributed by atoms with E-state index in [4.69, 9.17) is 16.3 Å². The standard InChI is InChI=1S/C37H30ClN3O4S/c1-25(35(42)39-29-18-20-32(21-19-29)45-31-15-6-3-7-16-31)46-33-17-9-14-30(24-33)40-37(44)34(23-26-10-8-13-28(38)22-26)41-36(43)27-11-4-2-5-12-27/h2-25H,1H3,(H,39,42)(H,40,44)(H,41,43)/b34-23-. The maximum atomic E-state index is 13.4. The number of amides is 3. The lowest BCUT2D eigenvalue weighted by Gasteiger charge is -2.14. The number of nitrogens with one attached hydrogen (secondary N) is 3. The van der Waals surface area contributed by atoms with Crippen LogP contribution in [0.2, 0.25) is 5.02 Å². The number of anilines is 2. The largest absolute Gasteiger partial charge is 0.457 e. The summed E-state index contributed by atoms with van der Waals surface area (Å²) in [6, 6.07) is 39.4. The van der Waals surface area contributed by atoms with Crippen LogP contribution < -0.4 is 20.7 Å². The van der Waals surface area contributed by atoms with Crippen molar-refractivity contribution in [2.45, 2.75) is 17.1 Å². The number of para-hydroxylation sites is 1. The van der Waals surface area contributed by atoms with Crippen LogP contribution in [-0.4, -0.2) is 23.0 Å². The summed E-state index contributed by atoms with van der Waals surface area (Å²) < 4.78 is 5.82. The molecule has 0 aromatic heterocycles. The highest BCUT2D eigenvalue weighted by Crippen LogP contribution is 2.28. The fourth-order valence-electron chi connectivity index (χ4n) is 4.28. The van der Waals surface area contributed by atoms with Crippen LogP contribution in [0.3, 0.4) is 0 Å². The van der Waals surface area contributed by atoms with Crippen molar-refractivity contribution in [3.63, 3.8) is 0 Å². The quantitative estimate of drug-likeness (QED) is 0.0985. The van der Waals surface area contributed by atoms with Gasteiger partial charge >= 0.3 is 0 Å². The summed E-state index contributed by atoms with van der Waals surface area (Å²) in [6.07, 6.45) is 1.56. The number of benzene rings is 5. The molecule has 9 heteroatoms. The lowest BCUT2D eigenvalue weighted by molar-refractivity contribution is -0.115. The zero-order valence-corrected chi connectivity index (χ0v) is 26.3. The van der Waals surface area contributed by atoms with E-state index < -0.39 is 17.1 Å². The lowest BCUT2D eigenvalue weighted by atomic mass is 10.1. The number of ether oxygens (including phenoxy) is 1. The summed E-state index contributed by atoms with van der Waals surface area (Å²) in [5, 5.41) is 8.58. The van der Waals surface area contributed by atoms with Gasteiger partial charge in [-0.15, -0.1) is 11.8 Å². The third-order valence-corrected chi connectivity index (χ3v) is 7.89. The van der Waals surface area contributed by atoms with E-state index in [2.05, 4.69) is 16.0 Å². The van der Waals surface area contributed by atoms with Gasteiger partial charge in [0.2, 0.25) is 5.91 Å². The molecular formula is C37H30ClN3O4S. The number of carbonyl (C=O) groups is 3. The minimum Gasteiger partial charge on any atom is -0.457 e. The first-order valence-electron chi connectivity index (χ1n) is 14.4. The molecule has 3 N–H and O–H groups in total. The Bertz CT molecular complexity index is 1850. The summed E-state index contributed by atoms with van der Waals surface area (Å²) >= 11 is 7.50. The maximum Gasteiger partial charge on any atom is 0.272 e. The van der Waals surface area contributed by atoms with Crippen LogP contribution in [0.1, 0.15) is 22.8 Å². The second-order valence-electron chi connectivity index (χ2n) is 10.1. The summed E-state index contributed by atoms with van der Waals surface area (Å²) in [4.78, 5) is 40.1. The Morgan fingerprint density at radius 3 is 2.11 bits per heavy atom. The molecule has 3 amide bonds. The monoisotopic (exact) mass is 647 g/mol. The predicted molar refractivity (Wildman–Crippen MR) is 185 cm³/mol. The van der Waals surface area contributed by atoms with Gasteiger partial charge in [0.05, 0.1) is 5.25 Å². The van der Waals surface area contributed by atoms with Crippen LogP contribution in [0.5, 0.6) is 11.5 Å². The molecule has 0 aliphatic rings. The number of hydrogen-bond donors (Lipinski definition) is 3. The Morgan fingerprint density at radius 1 is 0.717 bits per heavy atom. The van der Waals surface area contributed by atoms with Gasteiger partial charge in [0.1, 0.15) is 17.2 Å². The van der Waals surface area contributed by atoms with Gasteiger partial charge in [-0.1, -0.05) is 66.2 Å². The smallest absolute Gasteiger partial charge is 0.272 e. The van der Waals surface area contributed by atoms with Gasteiger partial charge < -0.3 is 20.7 Å². The minimum atomic E-state index is -0.517. The molecule has 0 saturated carbocycles. The van der Waals surface area contributed by atoms with Gasteiger partial charge in [-0.25, -0.2) is 0 Å². The number of hydrogen-bond acceptors (Lipinski definition) is 5. The molecule has 0 saturated heterocycles. The molecule has 230 valence electrons. The zero-order chi connectivity index (χ0) is 32.3. The van der Waals surface area contributed by atoms with Crippen LogP contribution >= 0.6 is 23.4 Å². The fourth-order valence-corrected chi connectivity index (χ4v) is 5.41. The Labute approximate surface area is 276 Å². The molecule has 0 spiro atoms. The molecule has 46 heavy (non-hydrogen) atoms. The van der Waals surface area contributed by atoms with Crippen molar-refractivity contribution < 1.29 is 19.1 Å². The topological polar surface area (TPSA) is 96.5 Å². The van der Waals surface area contributed by atoms with Crippen LogP contribution in [0.15, 0.2) is 144 Å². The van der Waals surface area contributed by atoms with Crippen LogP contribution in [0, 0.1) is 0 Å². The van der Waals surface area contributed by atoms with Crippen molar-refractivity contribution in [3.8, 4) is 11.5 Å². The van der Waals surface area contributed by atoms with E-state index in [9.17, 15) is 14.4 Å². The molecule has 5 aromatic rings. The third kappa shape index (κ3) is 9.34. The highest BCUT2D eigenvalue weighted by molar-refractivity contribution is 8.00. The molecule has 0 aliphatic carbocycles. The Morgan fingerprint density at radius 2 is 1.39 bits per heavy atom. The second kappa shape index (κ2) is 15.6. The van der Waals surface area contributed by atoms with Gasteiger partial charge in [-0.3, -0.25) is 14.4 Å². The van der Waals surface area contributed by atoms with Crippen molar-refractivity contribution in [2.24, 2.45) is 0 Å². The average Bonchev–Trinajstić information content (AvgIpc) is 3.06. The molecule has 7 nitrogen and oxygen atoms in total. The summed E-state index contributed by atoms with van der Waals surface area (Å²) in [5.74, 6) is 0.277. The Kier molecular flexibility index (Phi) is 10.9. The summed E-state index contributed by atoms with van der Waals surface area (Å²) in [6.45, 7) is 1.81. The molecule has 5 aromatic carbocycles. The lowest BCUT2D eigenvalue weighted by Crippen LogP contribution is -2.30. The molecule has 0 fully saturated rings. The van der Waals surface area contributed by atoms with Gasteiger partial charge in [0.25, 0.3) is 11.8 Å². The third-order valence-electron chi connectivity index (χ3n) is 6.56. The molecule has 0 bridgehead atoms. The van der Waals surface area contributed by atoms with Crippen LogP contribution in [0.25, 0.3) is 6.08 Å². The summed E-state index contributed by atoms with van der Waals surface area (Å²) in [7, 11) is 0. The van der Waals surface area contributed by atoms with Crippen molar-refractivity contribution in [2.75, 3.05) is 10.6 Å². The summed E-state index contributed by atoms with van der Waals surface area (Å²) in [5.41, 5.74) is 2.25. The number of halogens is 1. The normalized spacial score (nSPS) is 11.7. The molecule has 5 rings (SSSR count). The zero-order valence-electron chi connectivity index (χ0n) is 24.8. The van der Waals surface area contributed by atoms with Crippen molar-refractivity contribution >= 4 is 58.5 Å². The van der Waals surface area contributed by atoms with Crippen LogP contribution in [-0.2, 0) is 9.59 Å². The highest BCUT2D eigenvalue weighted by atomic mass is 35.5. The number of rotatable bonds is 11. The van der Waals surface area contributed by atoms with Gasteiger partial charge in [-0.2, -0.15) is 0 Å². The fraction of sp³-hybridized carbons (Fsp3) is 0.0541. The van der Waals surface area contributed by atoms with Gasteiger partial charge in [-0.05, 0) is 97.4 Å². The SMILES string of the molecule is CC(Sc1cccc(NC(=O)/C(=C/c2cccc(Cl)c2)NC(=O)c2ccccc2)c1)C(=O)Nc1ccc(Oc2ccccc2)cc1. The minimum absolute atomic E-state index is 0.0436. The average molecular weight is 648 g/mol. The van der Waals surface area contributed by atoms with Crippen molar-refractivity contribution in [1.82, 2.24) is 5.32 Å². The molecule has 0 aliphatic heterocycles. The maximum absolute atomic E-state index is 13.4. The first-order valence-corrected chi connectivity index (χ1v) is 15.6. The van der Waals surface area contributed by atoms with E-state index in [-0.39, 0.29) is 11.6 Å².